The molecule has 2 N–H and O–H groups in total. The first-order valence-corrected chi connectivity index (χ1v) is 8.24. The van der Waals surface area contributed by atoms with Crippen molar-refractivity contribution in [2.24, 2.45) is 10.7 Å². The summed E-state index contributed by atoms with van der Waals surface area (Å²) in [5, 5.41) is 1.64. The van der Waals surface area contributed by atoms with E-state index in [4.69, 9.17) is 22.1 Å². The minimum absolute atomic E-state index is 0.618. The van der Waals surface area contributed by atoms with E-state index in [9.17, 15) is 0 Å². The maximum atomic E-state index is 6.44. The number of halogens is 1. The fourth-order valence-corrected chi connectivity index (χ4v) is 3.19. The van der Waals surface area contributed by atoms with E-state index in [1.54, 1.807) is 13.3 Å². The molecule has 2 heterocycles. The van der Waals surface area contributed by atoms with Crippen molar-refractivity contribution < 1.29 is 4.74 Å². The quantitative estimate of drug-likeness (QED) is 0.858. The van der Waals surface area contributed by atoms with Gasteiger partial charge in [0.05, 0.1) is 23.8 Å². The maximum absolute atomic E-state index is 6.44. The predicted octanol–water partition coefficient (Wildman–Crippen LogP) is 4.00. The van der Waals surface area contributed by atoms with Gasteiger partial charge in [0.1, 0.15) is 0 Å². The molecule has 3 rings (SSSR count). The number of pyridine rings is 1. The number of hydrogen-bond donors (Lipinski definition) is 1. The molecule has 4 nitrogen and oxygen atoms in total. The van der Waals surface area contributed by atoms with E-state index in [1.807, 2.05) is 25.1 Å². The molecule has 1 aromatic carbocycles. The second kappa shape index (κ2) is 7.16. The van der Waals surface area contributed by atoms with Gasteiger partial charge in [-0.2, -0.15) is 0 Å². The summed E-state index contributed by atoms with van der Waals surface area (Å²) in [6, 6.07) is 5.98. The lowest BCUT2D eigenvalue weighted by Crippen LogP contribution is -2.08. The highest BCUT2D eigenvalue weighted by atomic mass is 35.5. The van der Waals surface area contributed by atoms with E-state index < -0.39 is 0 Å². The van der Waals surface area contributed by atoms with Gasteiger partial charge in [-0.05, 0) is 48.8 Å². The Hall–Kier alpha value is -2.17. The Balaban J connectivity index is 2.27. The zero-order valence-electron chi connectivity index (χ0n) is 13.8. The van der Waals surface area contributed by atoms with Gasteiger partial charge in [0.2, 0.25) is 0 Å². The molecule has 0 saturated carbocycles. The summed E-state index contributed by atoms with van der Waals surface area (Å²) >= 11 is 6.44. The number of rotatable bonds is 3. The van der Waals surface area contributed by atoms with Gasteiger partial charge in [-0.15, -0.1) is 0 Å². The average Bonchev–Trinajstić information content (AvgIpc) is 2.59. The van der Waals surface area contributed by atoms with E-state index in [-0.39, 0.29) is 0 Å². The van der Waals surface area contributed by atoms with Crippen molar-refractivity contribution in [1.29, 1.82) is 0 Å². The maximum Gasteiger partial charge on any atom is 0.0727 e. The Bertz CT molecular complexity index is 869. The Morgan fingerprint density at radius 3 is 2.92 bits per heavy atom. The molecule has 1 aromatic heterocycles. The van der Waals surface area contributed by atoms with Gasteiger partial charge in [-0.25, -0.2) is 0 Å². The van der Waals surface area contributed by atoms with Crippen LogP contribution in [0.2, 0.25) is 5.02 Å². The predicted molar refractivity (Wildman–Crippen MR) is 101 cm³/mol. The molecule has 0 amide bonds. The number of aryl methyl sites for hydroxylation is 1. The minimum Gasteiger partial charge on any atom is -0.398 e. The number of allylic oxidation sites excluding steroid dienone is 1. The molecule has 0 aliphatic carbocycles. The lowest BCUT2D eigenvalue weighted by atomic mass is 9.92. The minimum atomic E-state index is 0.618. The van der Waals surface area contributed by atoms with Crippen LogP contribution in [0, 0.1) is 6.92 Å². The number of aromatic nitrogens is 1. The monoisotopic (exact) mass is 341 g/mol. The molecule has 0 fully saturated rings. The molecule has 5 heteroatoms. The van der Waals surface area contributed by atoms with E-state index in [1.165, 1.54) is 5.57 Å². The normalized spacial score (nSPS) is 16.0. The van der Waals surface area contributed by atoms with Crippen molar-refractivity contribution in [2.45, 2.75) is 13.3 Å². The third-order valence-electron chi connectivity index (χ3n) is 4.05. The van der Waals surface area contributed by atoms with Crippen LogP contribution in [0.3, 0.4) is 0 Å². The lowest BCUT2D eigenvalue weighted by molar-refractivity contribution is 0.161. The summed E-state index contributed by atoms with van der Waals surface area (Å²) in [7, 11) is 1.72. The Morgan fingerprint density at radius 2 is 2.21 bits per heavy atom. The summed E-state index contributed by atoms with van der Waals surface area (Å²) in [5.41, 5.74) is 11.9. The van der Waals surface area contributed by atoms with Crippen LogP contribution in [-0.2, 0) is 4.74 Å². The van der Waals surface area contributed by atoms with Gasteiger partial charge >= 0.3 is 0 Å². The zero-order chi connectivity index (χ0) is 17.1. The Kier molecular flexibility index (Phi) is 4.97. The molecular weight excluding hydrogens is 322 g/mol. The van der Waals surface area contributed by atoms with Gasteiger partial charge in [0.15, 0.2) is 0 Å². The number of benzene rings is 1. The number of nitrogens with zero attached hydrogens (tertiary/aromatic N) is 2. The number of hydrogen-bond acceptors (Lipinski definition) is 4. The standard InChI is InChI=1S/C19H20ClN3O/c1-12-9-17(20)16-10-14(13-4-7-24-8-5-13)15(11-19(16)23-12)18(21)3-6-22-2/h3-4,6,9-11H,5,7-8,21H2,1-2H3. The van der Waals surface area contributed by atoms with Crippen LogP contribution in [0.4, 0.5) is 0 Å². The fourth-order valence-electron chi connectivity index (χ4n) is 2.88. The molecule has 0 atom stereocenters. The number of fused-ring (bicyclic) bond motifs is 1. The van der Waals surface area contributed by atoms with Crippen molar-refractivity contribution in [1.82, 2.24) is 4.98 Å². The van der Waals surface area contributed by atoms with Crippen molar-refractivity contribution in [3.63, 3.8) is 0 Å². The van der Waals surface area contributed by atoms with Crippen LogP contribution in [0.5, 0.6) is 0 Å². The van der Waals surface area contributed by atoms with Crippen molar-refractivity contribution in [3.05, 3.63) is 52.2 Å². The average molecular weight is 342 g/mol. The fraction of sp³-hybridized carbons (Fsp3) is 0.263. The first kappa shape index (κ1) is 16.7. The second-order valence-corrected chi connectivity index (χ2v) is 6.15. The molecule has 2 aromatic rings. The van der Waals surface area contributed by atoms with E-state index >= 15 is 0 Å². The molecule has 24 heavy (non-hydrogen) atoms. The van der Waals surface area contributed by atoms with E-state index in [2.05, 4.69) is 22.1 Å². The van der Waals surface area contributed by atoms with Crippen LogP contribution in [-0.4, -0.2) is 31.5 Å². The highest BCUT2D eigenvalue weighted by Gasteiger charge is 2.15. The Morgan fingerprint density at radius 1 is 1.38 bits per heavy atom. The number of nitrogens with two attached hydrogens (primary N) is 1. The van der Waals surface area contributed by atoms with Gasteiger partial charge in [-0.3, -0.25) is 9.98 Å². The number of aliphatic imine (C=N–C) groups is 1. The molecule has 1 aliphatic rings. The topological polar surface area (TPSA) is 60.5 Å². The summed E-state index contributed by atoms with van der Waals surface area (Å²) in [6.45, 7) is 3.26. The summed E-state index contributed by atoms with van der Waals surface area (Å²) in [4.78, 5) is 8.58. The third kappa shape index (κ3) is 3.35. The molecule has 0 spiro atoms. The summed E-state index contributed by atoms with van der Waals surface area (Å²) < 4.78 is 5.43. The molecule has 124 valence electrons. The van der Waals surface area contributed by atoms with Crippen LogP contribution in [0.1, 0.15) is 23.2 Å². The van der Waals surface area contributed by atoms with Gasteiger partial charge < -0.3 is 10.5 Å². The van der Waals surface area contributed by atoms with Gasteiger partial charge in [-0.1, -0.05) is 17.7 Å². The SMILES string of the molecule is CN=CC=C(N)c1cc2nc(C)cc(Cl)c2cc1C1=CCOCC1. The molecule has 0 radical (unpaired) electrons. The molecule has 0 bridgehead atoms. The Labute approximate surface area is 146 Å². The zero-order valence-corrected chi connectivity index (χ0v) is 14.6. The highest BCUT2D eigenvalue weighted by molar-refractivity contribution is 6.35. The molecule has 1 aliphatic heterocycles. The van der Waals surface area contributed by atoms with Gasteiger partial charge in [0, 0.05) is 35.6 Å². The van der Waals surface area contributed by atoms with E-state index in [0.717, 1.165) is 34.1 Å². The van der Waals surface area contributed by atoms with Crippen molar-refractivity contribution in [3.8, 4) is 0 Å². The summed E-state index contributed by atoms with van der Waals surface area (Å²) in [6.07, 6.45) is 6.45. The van der Waals surface area contributed by atoms with Crippen molar-refractivity contribution in [2.75, 3.05) is 20.3 Å². The lowest BCUT2D eigenvalue weighted by Gasteiger charge is -2.18. The van der Waals surface area contributed by atoms with E-state index in [0.29, 0.717) is 23.9 Å². The first-order chi connectivity index (χ1) is 11.6. The third-order valence-corrected chi connectivity index (χ3v) is 4.36. The largest absolute Gasteiger partial charge is 0.398 e. The molecule has 0 saturated heterocycles. The molecular formula is C19H20ClN3O. The summed E-state index contributed by atoms with van der Waals surface area (Å²) in [5.74, 6) is 0. The smallest absolute Gasteiger partial charge is 0.0727 e. The van der Waals surface area contributed by atoms with Crippen molar-refractivity contribution >= 4 is 40.0 Å². The first-order valence-electron chi connectivity index (χ1n) is 7.86. The second-order valence-electron chi connectivity index (χ2n) is 5.74. The van der Waals surface area contributed by atoms with Crippen LogP contribution >= 0.6 is 11.6 Å². The molecule has 0 unspecified atom stereocenters. The number of ether oxygens (including phenoxy) is 1. The van der Waals surface area contributed by atoms with Crippen LogP contribution < -0.4 is 5.73 Å². The van der Waals surface area contributed by atoms with Crippen LogP contribution in [0.25, 0.3) is 22.2 Å². The van der Waals surface area contributed by atoms with Crippen LogP contribution in [0.15, 0.2) is 35.3 Å². The van der Waals surface area contributed by atoms with Gasteiger partial charge in [0.25, 0.3) is 0 Å². The highest BCUT2D eigenvalue weighted by Crippen LogP contribution is 2.33.